The predicted molar refractivity (Wildman–Crippen MR) is 116 cm³/mol. The summed E-state index contributed by atoms with van der Waals surface area (Å²) in [5.74, 6) is 0. The van der Waals surface area contributed by atoms with Crippen LogP contribution in [0.15, 0.2) is 66.7 Å². The van der Waals surface area contributed by atoms with Gasteiger partial charge in [0.2, 0.25) is 0 Å². The zero-order chi connectivity index (χ0) is 18.5. The van der Waals surface area contributed by atoms with E-state index in [-0.39, 0.29) is 0 Å². The van der Waals surface area contributed by atoms with Crippen molar-refractivity contribution in [3.05, 3.63) is 89.0 Å². The molecule has 0 amide bonds. The Kier molecular flexibility index (Phi) is 5.58. The number of rotatable bonds is 8. The molecule has 3 aromatic rings. The fourth-order valence-electron chi connectivity index (χ4n) is 3.93. The van der Waals surface area contributed by atoms with Gasteiger partial charge in [0.1, 0.15) is 0 Å². The second-order valence-electron chi connectivity index (χ2n) is 7.84. The number of nitrogens with two attached hydrogens (primary N) is 1. The molecule has 0 aliphatic heterocycles. The Hall–Kier alpha value is -2.54. The fourth-order valence-corrected chi connectivity index (χ4v) is 3.93. The Morgan fingerprint density at radius 2 is 1.11 bits per heavy atom. The number of anilines is 1. The molecule has 0 heterocycles. The molecule has 0 atom stereocenters. The highest BCUT2D eigenvalue weighted by atomic mass is 14.5. The van der Waals surface area contributed by atoms with Crippen molar-refractivity contribution in [2.24, 2.45) is 0 Å². The van der Waals surface area contributed by atoms with Crippen LogP contribution >= 0.6 is 0 Å². The van der Waals surface area contributed by atoms with E-state index in [1.807, 2.05) is 12.1 Å². The summed E-state index contributed by atoms with van der Waals surface area (Å²) in [6.45, 7) is 0. The highest BCUT2D eigenvalue weighted by Crippen LogP contribution is 2.29. The van der Waals surface area contributed by atoms with Crippen molar-refractivity contribution in [2.45, 2.75) is 51.4 Å². The lowest BCUT2D eigenvalue weighted by Crippen LogP contribution is -2.07. The highest BCUT2D eigenvalue weighted by molar-refractivity contribution is 5.66. The van der Waals surface area contributed by atoms with E-state index in [4.69, 9.17) is 5.73 Å². The Morgan fingerprint density at radius 1 is 0.556 bits per heavy atom. The zero-order valence-electron chi connectivity index (χ0n) is 16.1. The third-order valence-electron chi connectivity index (χ3n) is 5.82. The lowest BCUT2D eigenvalue weighted by molar-refractivity contribution is 0.640. The maximum Gasteiger partial charge on any atom is 0.0314 e. The molecule has 138 valence electrons. The molecular weight excluding hydrogens is 326 g/mol. The van der Waals surface area contributed by atoms with Gasteiger partial charge < -0.3 is 5.73 Å². The van der Waals surface area contributed by atoms with Gasteiger partial charge in [0, 0.05) is 5.69 Å². The molecule has 0 fully saturated rings. The van der Waals surface area contributed by atoms with Gasteiger partial charge in [-0.05, 0) is 84.0 Å². The van der Waals surface area contributed by atoms with E-state index in [9.17, 15) is 0 Å². The van der Waals surface area contributed by atoms with Gasteiger partial charge in [-0.15, -0.1) is 0 Å². The van der Waals surface area contributed by atoms with Gasteiger partial charge in [-0.25, -0.2) is 0 Å². The van der Waals surface area contributed by atoms with E-state index in [0.29, 0.717) is 0 Å². The van der Waals surface area contributed by atoms with Crippen molar-refractivity contribution >= 4 is 5.69 Å². The smallest absolute Gasteiger partial charge is 0.0314 e. The van der Waals surface area contributed by atoms with Crippen molar-refractivity contribution < 1.29 is 0 Å². The maximum atomic E-state index is 5.73. The van der Waals surface area contributed by atoms with Gasteiger partial charge in [-0.3, -0.25) is 0 Å². The summed E-state index contributed by atoms with van der Waals surface area (Å²) < 4.78 is 0. The second-order valence-corrected chi connectivity index (χ2v) is 7.84. The first kappa shape index (κ1) is 17.9. The molecule has 0 unspecified atom stereocenters. The van der Waals surface area contributed by atoms with E-state index >= 15 is 0 Å². The summed E-state index contributed by atoms with van der Waals surface area (Å²) in [6.07, 6.45) is 10.0. The molecule has 0 aromatic heterocycles. The van der Waals surface area contributed by atoms with E-state index in [1.54, 1.807) is 0 Å². The zero-order valence-corrected chi connectivity index (χ0v) is 16.1. The first-order valence-corrected chi connectivity index (χ1v) is 10.3. The molecule has 0 saturated heterocycles. The number of hydrogen-bond acceptors (Lipinski definition) is 1. The summed E-state index contributed by atoms with van der Waals surface area (Å²) in [5, 5.41) is 0. The number of aryl methyl sites for hydroxylation is 4. The molecule has 1 heteroatoms. The minimum atomic E-state index is 0.852. The van der Waals surface area contributed by atoms with E-state index in [1.165, 1.54) is 78.3 Å². The van der Waals surface area contributed by atoms with Crippen LogP contribution in [0.4, 0.5) is 5.69 Å². The third kappa shape index (κ3) is 4.60. The van der Waals surface area contributed by atoms with Gasteiger partial charge in [0.15, 0.2) is 0 Å². The average Bonchev–Trinajstić information content (AvgIpc) is 2.67. The van der Waals surface area contributed by atoms with Crippen LogP contribution in [-0.2, 0) is 25.7 Å². The molecule has 1 aliphatic rings. The van der Waals surface area contributed by atoms with Crippen LogP contribution in [0.25, 0.3) is 11.1 Å². The van der Waals surface area contributed by atoms with Crippen LogP contribution in [0.1, 0.15) is 47.9 Å². The molecule has 0 bridgehead atoms. The van der Waals surface area contributed by atoms with Gasteiger partial charge >= 0.3 is 0 Å². The summed E-state index contributed by atoms with van der Waals surface area (Å²) in [6, 6.07) is 24.4. The van der Waals surface area contributed by atoms with E-state index < -0.39 is 0 Å². The van der Waals surface area contributed by atoms with Crippen LogP contribution in [0, 0.1) is 0 Å². The monoisotopic (exact) mass is 355 g/mol. The first-order valence-electron chi connectivity index (χ1n) is 10.3. The number of hydrogen-bond donors (Lipinski definition) is 1. The molecule has 1 aliphatic carbocycles. The average molecular weight is 356 g/mol. The predicted octanol–water partition coefficient (Wildman–Crippen LogP) is 6.38. The third-order valence-corrected chi connectivity index (χ3v) is 5.82. The standard InChI is InChI=1S/C26H29N/c27-26-17-9-21(10-18-26)6-4-2-1-3-5-20-7-11-22(12-8-20)24-15-13-23-14-16-25(23)19-24/h7-13,15,17-19H,1-6,14,16,27H2. The fraction of sp³-hybridized carbons (Fsp3) is 0.308. The molecule has 27 heavy (non-hydrogen) atoms. The molecule has 1 nitrogen and oxygen atoms in total. The lowest BCUT2D eigenvalue weighted by Gasteiger charge is -2.19. The first-order chi connectivity index (χ1) is 13.3. The molecule has 2 N–H and O–H groups in total. The SMILES string of the molecule is Nc1ccc(CCCCCCc2ccc(-c3ccc4c(c3)CC4)cc2)cc1. The van der Waals surface area contributed by atoms with Crippen molar-refractivity contribution in [1.82, 2.24) is 0 Å². The van der Waals surface area contributed by atoms with Crippen molar-refractivity contribution in [3.8, 4) is 11.1 Å². The summed E-state index contributed by atoms with van der Waals surface area (Å²) in [7, 11) is 0. The number of fused-ring (bicyclic) bond motifs is 1. The molecular formula is C26H29N. The van der Waals surface area contributed by atoms with Crippen LogP contribution in [0.2, 0.25) is 0 Å². The van der Waals surface area contributed by atoms with E-state index in [2.05, 4.69) is 54.6 Å². The number of unbranched alkanes of at least 4 members (excludes halogenated alkanes) is 3. The molecule has 3 aromatic carbocycles. The Morgan fingerprint density at radius 3 is 1.67 bits per heavy atom. The highest BCUT2D eigenvalue weighted by Gasteiger charge is 2.13. The summed E-state index contributed by atoms with van der Waals surface area (Å²) in [4.78, 5) is 0. The Balaban J connectivity index is 1.19. The normalized spacial score (nSPS) is 12.4. The number of benzene rings is 3. The summed E-state index contributed by atoms with van der Waals surface area (Å²) >= 11 is 0. The van der Waals surface area contributed by atoms with Gasteiger partial charge in [0.25, 0.3) is 0 Å². The Labute approximate surface area is 163 Å². The van der Waals surface area contributed by atoms with Gasteiger partial charge in [-0.2, -0.15) is 0 Å². The second kappa shape index (κ2) is 8.43. The van der Waals surface area contributed by atoms with Crippen molar-refractivity contribution in [3.63, 3.8) is 0 Å². The maximum absolute atomic E-state index is 5.73. The van der Waals surface area contributed by atoms with Gasteiger partial charge in [0.05, 0.1) is 0 Å². The quantitative estimate of drug-likeness (QED) is 0.368. The van der Waals surface area contributed by atoms with Crippen LogP contribution in [0.3, 0.4) is 0 Å². The van der Waals surface area contributed by atoms with Crippen LogP contribution in [-0.4, -0.2) is 0 Å². The van der Waals surface area contributed by atoms with Crippen LogP contribution in [0.5, 0.6) is 0 Å². The molecule has 4 rings (SSSR count). The minimum absolute atomic E-state index is 0.852. The molecule has 0 spiro atoms. The largest absolute Gasteiger partial charge is 0.399 e. The van der Waals surface area contributed by atoms with Crippen molar-refractivity contribution in [2.75, 3.05) is 5.73 Å². The topological polar surface area (TPSA) is 26.0 Å². The molecule has 0 radical (unpaired) electrons. The van der Waals surface area contributed by atoms with Gasteiger partial charge in [-0.1, -0.05) is 67.4 Å². The van der Waals surface area contributed by atoms with E-state index in [0.717, 1.165) is 12.1 Å². The van der Waals surface area contributed by atoms with Crippen LogP contribution < -0.4 is 5.73 Å². The summed E-state index contributed by atoms with van der Waals surface area (Å²) in [5.41, 5.74) is 15.2. The molecule has 0 saturated carbocycles. The van der Waals surface area contributed by atoms with Crippen molar-refractivity contribution in [1.29, 1.82) is 0 Å². The lowest BCUT2D eigenvalue weighted by atomic mass is 9.86. The number of nitrogen functional groups attached to an aromatic ring is 1. The minimum Gasteiger partial charge on any atom is -0.399 e. The Bertz CT molecular complexity index is 875.